The van der Waals surface area contributed by atoms with E-state index in [-0.39, 0.29) is 17.6 Å². The van der Waals surface area contributed by atoms with Crippen molar-refractivity contribution < 1.29 is 22.3 Å². The Hall–Kier alpha value is -1.28. The van der Waals surface area contributed by atoms with Crippen LogP contribution in [0.25, 0.3) is 0 Å². The van der Waals surface area contributed by atoms with Gasteiger partial charge < -0.3 is 10.5 Å². The number of halogens is 4. The molecule has 1 unspecified atom stereocenters. The number of thioether (sulfide) groups is 1. The van der Waals surface area contributed by atoms with Gasteiger partial charge in [0.2, 0.25) is 0 Å². The maximum Gasteiger partial charge on any atom is 0.398 e. The Morgan fingerprint density at radius 2 is 2.18 bits per heavy atom. The molecular weight excluding hydrogens is 320 g/mol. The summed E-state index contributed by atoms with van der Waals surface area (Å²) in [5.74, 6) is -1.51. The van der Waals surface area contributed by atoms with Gasteiger partial charge in [-0.2, -0.15) is 13.2 Å². The van der Waals surface area contributed by atoms with Crippen LogP contribution in [-0.2, 0) is 4.74 Å². The van der Waals surface area contributed by atoms with Crippen molar-refractivity contribution in [1.29, 1.82) is 0 Å². The van der Waals surface area contributed by atoms with Crippen LogP contribution in [-0.4, -0.2) is 30.5 Å². The molecule has 1 fully saturated rings. The third-order valence-corrected chi connectivity index (χ3v) is 4.37. The molecule has 1 saturated heterocycles. The van der Waals surface area contributed by atoms with Crippen molar-refractivity contribution >= 4 is 23.3 Å². The van der Waals surface area contributed by atoms with Crippen LogP contribution in [0.5, 0.6) is 0 Å². The molecule has 0 spiro atoms. The molecular formula is C14H16F4N2OS. The Kier molecular flexibility index (Phi) is 5.33. The number of ether oxygens (including phenoxy) is 1. The number of rotatable bonds is 4. The molecule has 0 radical (unpaired) electrons. The first kappa shape index (κ1) is 17.1. The average Bonchev–Trinajstić information content (AvgIpc) is 2.93. The van der Waals surface area contributed by atoms with E-state index < -0.39 is 17.7 Å². The number of nitrogens with zero attached hydrogens (tertiary/aromatic N) is 1. The summed E-state index contributed by atoms with van der Waals surface area (Å²) in [4.78, 5) is 4.32. The normalized spacial score (nSPS) is 19.7. The van der Waals surface area contributed by atoms with Crippen LogP contribution in [0, 0.1) is 12.7 Å². The first-order valence-electron chi connectivity index (χ1n) is 6.71. The largest absolute Gasteiger partial charge is 0.398 e. The zero-order chi connectivity index (χ0) is 16.3. The van der Waals surface area contributed by atoms with Gasteiger partial charge in [0.15, 0.2) is 0 Å². The van der Waals surface area contributed by atoms with Gasteiger partial charge in [-0.3, -0.25) is 0 Å². The summed E-state index contributed by atoms with van der Waals surface area (Å²) in [6.45, 7) is 2.13. The molecule has 2 rings (SSSR count). The van der Waals surface area contributed by atoms with E-state index in [1.165, 1.54) is 12.1 Å². The van der Waals surface area contributed by atoms with Crippen LogP contribution in [0.4, 0.5) is 23.2 Å². The van der Waals surface area contributed by atoms with E-state index in [1.54, 1.807) is 6.92 Å². The van der Waals surface area contributed by atoms with E-state index in [9.17, 15) is 17.6 Å². The first-order valence-corrected chi connectivity index (χ1v) is 7.70. The second-order valence-electron chi connectivity index (χ2n) is 5.01. The summed E-state index contributed by atoms with van der Waals surface area (Å²) >= 11 is 0.603. The molecule has 3 nitrogen and oxygen atoms in total. The summed E-state index contributed by atoms with van der Waals surface area (Å²) in [7, 11) is 0. The lowest BCUT2D eigenvalue weighted by Gasteiger charge is -2.12. The number of benzene rings is 1. The summed E-state index contributed by atoms with van der Waals surface area (Å²) < 4.78 is 56.2. The zero-order valence-corrected chi connectivity index (χ0v) is 12.7. The predicted octanol–water partition coefficient (Wildman–Crippen LogP) is 3.96. The SMILES string of the molecule is Cc1cc(F)c(/N=C(\N)C2CCCO2)cc1SCC(F)(F)F. The van der Waals surface area contributed by atoms with Crippen LogP contribution in [0.3, 0.4) is 0 Å². The lowest BCUT2D eigenvalue weighted by Crippen LogP contribution is -2.27. The molecule has 0 amide bonds. The van der Waals surface area contributed by atoms with Gasteiger partial charge in [-0.1, -0.05) is 0 Å². The van der Waals surface area contributed by atoms with Crippen molar-refractivity contribution in [1.82, 2.24) is 0 Å². The van der Waals surface area contributed by atoms with Crippen molar-refractivity contribution in [2.75, 3.05) is 12.4 Å². The second kappa shape index (κ2) is 6.87. The number of alkyl halides is 3. The van der Waals surface area contributed by atoms with E-state index in [0.29, 0.717) is 35.2 Å². The van der Waals surface area contributed by atoms with E-state index in [1.807, 2.05) is 0 Å². The van der Waals surface area contributed by atoms with Crippen LogP contribution in [0.15, 0.2) is 22.0 Å². The third kappa shape index (κ3) is 4.61. The quantitative estimate of drug-likeness (QED) is 0.392. The van der Waals surface area contributed by atoms with Crippen molar-refractivity contribution in [3.63, 3.8) is 0 Å². The molecule has 1 heterocycles. The molecule has 22 heavy (non-hydrogen) atoms. The lowest BCUT2D eigenvalue weighted by atomic mass is 10.2. The van der Waals surface area contributed by atoms with Gasteiger partial charge in [0.05, 0.1) is 5.75 Å². The van der Waals surface area contributed by atoms with Crippen molar-refractivity contribution in [3.8, 4) is 0 Å². The minimum absolute atomic E-state index is 0.0664. The summed E-state index contributed by atoms with van der Waals surface area (Å²) in [5, 5.41) is 0. The number of aryl methyl sites for hydroxylation is 1. The Morgan fingerprint density at radius 1 is 1.45 bits per heavy atom. The fraction of sp³-hybridized carbons (Fsp3) is 0.500. The molecule has 8 heteroatoms. The maximum absolute atomic E-state index is 13.9. The predicted molar refractivity (Wildman–Crippen MR) is 78.2 cm³/mol. The molecule has 1 aromatic rings. The highest BCUT2D eigenvalue weighted by Gasteiger charge is 2.28. The molecule has 1 aromatic carbocycles. The Balaban J connectivity index is 2.22. The summed E-state index contributed by atoms with van der Waals surface area (Å²) in [6.07, 6.45) is -3.08. The van der Waals surface area contributed by atoms with Gasteiger partial charge in [-0.05, 0) is 37.5 Å². The molecule has 0 aromatic heterocycles. The lowest BCUT2D eigenvalue weighted by molar-refractivity contribution is -0.105. The van der Waals surface area contributed by atoms with Gasteiger partial charge in [0, 0.05) is 11.5 Å². The van der Waals surface area contributed by atoms with Crippen molar-refractivity contribution in [2.45, 2.75) is 36.9 Å². The number of hydrogen-bond acceptors (Lipinski definition) is 3. The van der Waals surface area contributed by atoms with Crippen LogP contribution in [0.1, 0.15) is 18.4 Å². The number of amidine groups is 1. The highest BCUT2D eigenvalue weighted by atomic mass is 32.2. The Labute approximate surface area is 129 Å². The van der Waals surface area contributed by atoms with Gasteiger partial charge in [-0.25, -0.2) is 9.38 Å². The maximum atomic E-state index is 13.9. The zero-order valence-electron chi connectivity index (χ0n) is 11.9. The average molecular weight is 336 g/mol. The van der Waals surface area contributed by atoms with Gasteiger partial charge in [0.25, 0.3) is 0 Å². The molecule has 1 aliphatic rings. The van der Waals surface area contributed by atoms with E-state index in [2.05, 4.69) is 4.99 Å². The van der Waals surface area contributed by atoms with Crippen LogP contribution in [0.2, 0.25) is 0 Å². The molecule has 0 aliphatic carbocycles. The van der Waals surface area contributed by atoms with Crippen molar-refractivity contribution in [3.05, 3.63) is 23.5 Å². The monoisotopic (exact) mass is 336 g/mol. The fourth-order valence-electron chi connectivity index (χ4n) is 2.06. The topological polar surface area (TPSA) is 47.6 Å². The molecule has 122 valence electrons. The van der Waals surface area contributed by atoms with E-state index >= 15 is 0 Å². The van der Waals surface area contributed by atoms with E-state index in [4.69, 9.17) is 10.5 Å². The molecule has 1 aliphatic heterocycles. The molecule has 0 saturated carbocycles. The minimum atomic E-state index is -4.29. The van der Waals surface area contributed by atoms with Gasteiger partial charge in [-0.15, -0.1) is 11.8 Å². The molecule has 0 bridgehead atoms. The number of aliphatic imine (C=N–C) groups is 1. The third-order valence-electron chi connectivity index (χ3n) is 3.14. The van der Waals surface area contributed by atoms with E-state index in [0.717, 1.165) is 6.42 Å². The van der Waals surface area contributed by atoms with Gasteiger partial charge >= 0.3 is 6.18 Å². The Bertz CT molecular complexity index is 569. The number of nitrogens with two attached hydrogens (primary N) is 1. The summed E-state index contributed by atoms with van der Waals surface area (Å²) in [5.41, 5.74) is 6.15. The van der Waals surface area contributed by atoms with Crippen LogP contribution < -0.4 is 5.73 Å². The van der Waals surface area contributed by atoms with Gasteiger partial charge in [0.1, 0.15) is 23.4 Å². The highest BCUT2D eigenvalue weighted by Crippen LogP contribution is 2.33. The minimum Gasteiger partial charge on any atom is -0.385 e. The van der Waals surface area contributed by atoms with Crippen molar-refractivity contribution in [2.24, 2.45) is 10.7 Å². The fourth-order valence-corrected chi connectivity index (χ4v) is 2.87. The first-order chi connectivity index (χ1) is 10.3. The summed E-state index contributed by atoms with van der Waals surface area (Å²) in [6, 6.07) is 2.46. The molecule has 1 atom stereocenters. The highest BCUT2D eigenvalue weighted by molar-refractivity contribution is 7.99. The van der Waals surface area contributed by atoms with Crippen LogP contribution >= 0.6 is 11.8 Å². The smallest absolute Gasteiger partial charge is 0.385 e. The standard InChI is InChI=1S/C14H16F4N2OS/c1-8-5-9(15)10(6-12(8)22-7-14(16,17)18)20-13(19)11-3-2-4-21-11/h5-6,11H,2-4,7H2,1H3,(H2,19,20). The second-order valence-corrected chi connectivity index (χ2v) is 6.03. The number of hydrogen-bond donors (Lipinski definition) is 1. The Morgan fingerprint density at radius 3 is 2.77 bits per heavy atom. The molecule has 2 N–H and O–H groups in total.